The minimum Gasteiger partial charge on any atom is -0.329 e. The Bertz CT molecular complexity index is 303. The monoisotopic (exact) mass is 211 g/mol. The first-order valence-corrected chi connectivity index (χ1v) is 5.27. The fourth-order valence-corrected chi connectivity index (χ4v) is 1.44. The highest BCUT2D eigenvalue weighted by Crippen LogP contribution is 2.17. The molecular weight excluding hydrogens is 190 g/mol. The van der Waals surface area contributed by atoms with Crippen LogP contribution in [0.2, 0.25) is 0 Å². The largest absolute Gasteiger partial charge is 0.329 e. The quantitative estimate of drug-likeness (QED) is 0.764. The maximum absolute atomic E-state index is 5.80. The van der Waals surface area contributed by atoms with Gasteiger partial charge in [0.2, 0.25) is 0 Å². The van der Waals surface area contributed by atoms with E-state index in [4.69, 9.17) is 5.73 Å². The summed E-state index contributed by atoms with van der Waals surface area (Å²) < 4.78 is 1.79. The Morgan fingerprint density at radius 3 is 2.67 bits per heavy atom. The van der Waals surface area contributed by atoms with Crippen molar-refractivity contribution in [3.05, 3.63) is 12.2 Å². The van der Waals surface area contributed by atoms with Crippen molar-refractivity contribution >= 4 is 0 Å². The first-order chi connectivity index (χ1) is 7.03. The van der Waals surface area contributed by atoms with Crippen LogP contribution < -0.4 is 5.73 Å². The van der Waals surface area contributed by atoms with E-state index >= 15 is 0 Å². The summed E-state index contributed by atoms with van der Waals surface area (Å²) in [6, 6.07) is 0. The molecule has 1 aromatic rings. The number of hydrogen-bond acceptors (Lipinski definition) is 4. The summed E-state index contributed by atoms with van der Waals surface area (Å²) in [5.74, 6) is 0.964. The maximum atomic E-state index is 5.80. The number of nitrogens with zero attached hydrogens (tertiary/aromatic N) is 4. The van der Waals surface area contributed by atoms with Crippen molar-refractivity contribution in [1.29, 1.82) is 0 Å². The van der Waals surface area contributed by atoms with Crippen LogP contribution in [0.15, 0.2) is 6.33 Å². The Morgan fingerprint density at radius 2 is 2.27 bits per heavy atom. The first-order valence-electron chi connectivity index (χ1n) is 5.27. The lowest BCUT2D eigenvalue weighted by atomic mass is 9.97. The summed E-state index contributed by atoms with van der Waals surface area (Å²) in [6.07, 6.45) is 2.60. The average Bonchev–Trinajstić information content (AvgIpc) is 2.63. The molecule has 15 heavy (non-hydrogen) atoms. The molecule has 5 nitrogen and oxygen atoms in total. The van der Waals surface area contributed by atoms with E-state index in [0.717, 1.165) is 18.8 Å². The van der Waals surface area contributed by atoms with Gasteiger partial charge in [0.25, 0.3) is 0 Å². The zero-order valence-corrected chi connectivity index (χ0v) is 10.1. The molecule has 1 heterocycles. The molecule has 1 unspecified atom stereocenters. The molecule has 1 rings (SSSR count). The molecule has 0 aliphatic rings. The zero-order chi connectivity index (χ0) is 11.5. The lowest BCUT2D eigenvalue weighted by molar-refractivity contribution is 0.127. The van der Waals surface area contributed by atoms with Gasteiger partial charge in [0.05, 0.1) is 6.54 Å². The highest BCUT2D eigenvalue weighted by atomic mass is 15.3. The van der Waals surface area contributed by atoms with Crippen LogP contribution >= 0.6 is 0 Å². The highest BCUT2D eigenvalue weighted by Gasteiger charge is 2.26. The van der Waals surface area contributed by atoms with Gasteiger partial charge in [-0.3, -0.25) is 9.58 Å². The average molecular weight is 211 g/mol. The number of likely N-dealkylation sites (N-methyl/N-ethyl adjacent to an activating group) is 1. The van der Waals surface area contributed by atoms with Crippen molar-refractivity contribution < 1.29 is 0 Å². The summed E-state index contributed by atoms with van der Waals surface area (Å²) in [4.78, 5) is 6.44. The normalized spacial score (nSPS) is 15.6. The minimum atomic E-state index is 0.0337. The Labute approximate surface area is 91.3 Å². The SMILES string of the molecule is CCC(C)(CN)N(C)Cc1ncnn1C. The number of aromatic nitrogens is 3. The Kier molecular flexibility index (Phi) is 3.82. The molecule has 2 N–H and O–H groups in total. The molecule has 0 radical (unpaired) electrons. The lowest BCUT2D eigenvalue weighted by Crippen LogP contribution is -2.49. The first kappa shape index (κ1) is 12.1. The van der Waals surface area contributed by atoms with Crippen LogP contribution in [0.3, 0.4) is 0 Å². The summed E-state index contributed by atoms with van der Waals surface area (Å²) in [5, 5.41) is 4.05. The molecule has 1 aromatic heterocycles. The molecule has 0 spiro atoms. The summed E-state index contributed by atoms with van der Waals surface area (Å²) in [7, 11) is 3.98. The molecule has 5 heteroatoms. The number of nitrogens with two attached hydrogens (primary N) is 1. The molecule has 0 saturated heterocycles. The topological polar surface area (TPSA) is 60.0 Å². The van der Waals surface area contributed by atoms with Crippen LogP contribution in [0.1, 0.15) is 26.1 Å². The van der Waals surface area contributed by atoms with E-state index in [1.807, 2.05) is 7.05 Å². The van der Waals surface area contributed by atoms with Gasteiger partial charge in [-0.05, 0) is 20.4 Å². The Hall–Kier alpha value is -0.940. The Morgan fingerprint density at radius 1 is 1.60 bits per heavy atom. The summed E-state index contributed by atoms with van der Waals surface area (Å²) in [5.41, 5.74) is 5.83. The van der Waals surface area contributed by atoms with Crippen molar-refractivity contribution in [3.8, 4) is 0 Å². The van der Waals surface area contributed by atoms with Gasteiger partial charge in [-0.25, -0.2) is 4.98 Å². The number of aryl methyl sites for hydroxylation is 1. The van der Waals surface area contributed by atoms with E-state index in [9.17, 15) is 0 Å². The molecule has 1 atom stereocenters. The second-order valence-corrected chi connectivity index (χ2v) is 4.21. The van der Waals surface area contributed by atoms with E-state index in [-0.39, 0.29) is 5.54 Å². The van der Waals surface area contributed by atoms with E-state index in [1.165, 1.54) is 0 Å². The zero-order valence-electron chi connectivity index (χ0n) is 10.1. The fourth-order valence-electron chi connectivity index (χ4n) is 1.44. The molecular formula is C10H21N5. The molecule has 0 fully saturated rings. The number of hydrogen-bond donors (Lipinski definition) is 1. The molecule has 0 saturated carbocycles. The smallest absolute Gasteiger partial charge is 0.140 e. The van der Waals surface area contributed by atoms with Gasteiger partial charge in [-0.1, -0.05) is 6.92 Å². The van der Waals surface area contributed by atoms with E-state index in [0.29, 0.717) is 6.54 Å². The van der Waals surface area contributed by atoms with Gasteiger partial charge in [0, 0.05) is 19.1 Å². The van der Waals surface area contributed by atoms with Crippen molar-refractivity contribution in [2.24, 2.45) is 12.8 Å². The van der Waals surface area contributed by atoms with Gasteiger partial charge in [-0.2, -0.15) is 5.10 Å². The summed E-state index contributed by atoms with van der Waals surface area (Å²) >= 11 is 0. The minimum absolute atomic E-state index is 0.0337. The van der Waals surface area contributed by atoms with Gasteiger partial charge in [0.15, 0.2) is 0 Å². The predicted octanol–water partition coefficient (Wildman–Crippen LogP) is 0.374. The van der Waals surface area contributed by atoms with Crippen LogP contribution in [0, 0.1) is 0 Å². The van der Waals surface area contributed by atoms with Gasteiger partial charge < -0.3 is 5.73 Å². The molecule has 0 amide bonds. The fraction of sp³-hybridized carbons (Fsp3) is 0.800. The number of rotatable bonds is 5. The van der Waals surface area contributed by atoms with Gasteiger partial charge >= 0.3 is 0 Å². The molecule has 0 bridgehead atoms. The molecule has 86 valence electrons. The van der Waals surface area contributed by atoms with E-state index < -0.39 is 0 Å². The maximum Gasteiger partial charge on any atom is 0.140 e. The van der Waals surface area contributed by atoms with Crippen molar-refractivity contribution in [1.82, 2.24) is 19.7 Å². The second-order valence-electron chi connectivity index (χ2n) is 4.21. The highest BCUT2D eigenvalue weighted by molar-refractivity contribution is 4.90. The third kappa shape index (κ3) is 2.54. The van der Waals surface area contributed by atoms with Crippen LogP contribution in [0.4, 0.5) is 0 Å². The Balaban J connectivity index is 2.70. The summed E-state index contributed by atoms with van der Waals surface area (Å²) in [6.45, 7) is 5.75. The second kappa shape index (κ2) is 4.72. The molecule has 0 aromatic carbocycles. The van der Waals surface area contributed by atoms with Crippen molar-refractivity contribution in [2.75, 3.05) is 13.6 Å². The van der Waals surface area contributed by atoms with Gasteiger partial charge in [0.1, 0.15) is 12.2 Å². The van der Waals surface area contributed by atoms with E-state index in [1.54, 1.807) is 11.0 Å². The lowest BCUT2D eigenvalue weighted by Gasteiger charge is -2.36. The molecule has 0 aliphatic carbocycles. The van der Waals surface area contributed by atoms with Crippen LogP contribution in [-0.2, 0) is 13.6 Å². The standard InChI is InChI=1S/C10H21N5/c1-5-10(2,7-11)14(3)6-9-12-8-13-15(9)4/h8H,5-7,11H2,1-4H3. The molecule has 0 aliphatic heterocycles. The third-order valence-electron chi connectivity index (χ3n) is 3.31. The van der Waals surface area contributed by atoms with Gasteiger partial charge in [-0.15, -0.1) is 0 Å². The predicted molar refractivity (Wildman–Crippen MR) is 60.2 cm³/mol. The van der Waals surface area contributed by atoms with E-state index in [2.05, 4.69) is 35.9 Å². The van der Waals surface area contributed by atoms with Crippen molar-refractivity contribution in [2.45, 2.75) is 32.4 Å². The van der Waals surface area contributed by atoms with Crippen LogP contribution in [-0.4, -0.2) is 38.8 Å². The van der Waals surface area contributed by atoms with Crippen molar-refractivity contribution in [3.63, 3.8) is 0 Å². The van der Waals surface area contributed by atoms with Crippen LogP contribution in [0.5, 0.6) is 0 Å². The van der Waals surface area contributed by atoms with Crippen LogP contribution in [0.25, 0.3) is 0 Å². The third-order valence-corrected chi connectivity index (χ3v) is 3.31.